The van der Waals surface area contributed by atoms with Crippen molar-refractivity contribution < 1.29 is 9.50 Å². The Labute approximate surface area is 87.3 Å². The maximum atomic E-state index is 12.7. The highest BCUT2D eigenvalue weighted by atomic mass is 32.2. The van der Waals surface area contributed by atoms with E-state index in [1.165, 1.54) is 12.1 Å². The molecule has 1 nitrogen and oxygen atoms in total. The average molecular weight is 212 g/mol. The van der Waals surface area contributed by atoms with Crippen molar-refractivity contribution >= 4 is 11.8 Å². The van der Waals surface area contributed by atoms with Crippen LogP contribution in [0.5, 0.6) is 0 Å². The molecule has 1 N–H and O–H groups in total. The van der Waals surface area contributed by atoms with Gasteiger partial charge in [-0.2, -0.15) is 11.8 Å². The summed E-state index contributed by atoms with van der Waals surface area (Å²) in [5, 5.41) is 10.3. The third-order valence-electron chi connectivity index (χ3n) is 2.70. The highest BCUT2D eigenvalue weighted by Gasteiger charge is 2.31. The molecule has 0 amide bonds. The number of rotatable bonds is 1. The van der Waals surface area contributed by atoms with E-state index in [1.54, 1.807) is 12.1 Å². The van der Waals surface area contributed by atoms with Gasteiger partial charge >= 0.3 is 0 Å². The first-order chi connectivity index (χ1) is 6.71. The zero-order valence-electron chi connectivity index (χ0n) is 7.87. The third kappa shape index (κ3) is 1.93. The van der Waals surface area contributed by atoms with Crippen LogP contribution in [0.4, 0.5) is 4.39 Å². The van der Waals surface area contributed by atoms with E-state index in [1.807, 2.05) is 11.8 Å². The van der Waals surface area contributed by atoms with Gasteiger partial charge in [-0.25, -0.2) is 4.39 Å². The van der Waals surface area contributed by atoms with Crippen molar-refractivity contribution in [2.24, 2.45) is 0 Å². The Morgan fingerprint density at radius 1 is 1.14 bits per heavy atom. The maximum Gasteiger partial charge on any atom is 0.123 e. The van der Waals surface area contributed by atoms with Gasteiger partial charge in [-0.15, -0.1) is 0 Å². The van der Waals surface area contributed by atoms with Gasteiger partial charge in [0.15, 0.2) is 0 Å². The predicted molar refractivity (Wildman–Crippen MR) is 56.9 cm³/mol. The lowest BCUT2D eigenvalue weighted by Gasteiger charge is -2.32. The topological polar surface area (TPSA) is 20.2 Å². The number of aliphatic hydroxyl groups is 1. The van der Waals surface area contributed by atoms with Crippen LogP contribution < -0.4 is 0 Å². The lowest BCUT2D eigenvalue weighted by Crippen LogP contribution is -2.30. The van der Waals surface area contributed by atoms with E-state index in [4.69, 9.17) is 0 Å². The molecule has 1 aromatic carbocycles. The van der Waals surface area contributed by atoms with Gasteiger partial charge in [0.1, 0.15) is 5.82 Å². The second-order valence-corrected chi connectivity index (χ2v) is 4.88. The van der Waals surface area contributed by atoms with Gasteiger partial charge in [0.25, 0.3) is 0 Å². The van der Waals surface area contributed by atoms with Crippen molar-refractivity contribution in [2.75, 3.05) is 11.5 Å². The summed E-state index contributed by atoms with van der Waals surface area (Å²) in [6.07, 6.45) is 1.53. The van der Waals surface area contributed by atoms with E-state index in [0.717, 1.165) is 29.9 Å². The van der Waals surface area contributed by atoms with Crippen molar-refractivity contribution in [3.05, 3.63) is 35.6 Å². The lowest BCUT2D eigenvalue weighted by molar-refractivity contribution is 0.0280. The first kappa shape index (κ1) is 9.99. The third-order valence-corrected chi connectivity index (χ3v) is 3.69. The molecule has 1 aliphatic heterocycles. The van der Waals surface area contributed by atoms with Crippen LogP contribution in [0.15, 0.2) is 24.3 Å². The fourth-order valence-corrected chi connectivity index (χ4v) is 2.93. The average Bonchev–Trinajstić information content (AvgIpc) is 2.19. The van der Waals surface area contributed by atoms with Crippen molar-refractivity contribution in [2.45, 2.75) is 18.4 Å². The normalized spacial score (nSPS) is 20.7. The van der Waals surface area contributed by atoms with Gasteiger partial charge in [-0.05, 0) is 42.0 Å². The van der Waals surface area contributed by atoms with Crippen LogP contribution in [-0.4, -0.2) is 16.6 Å². The maximum absolute atomic E-state index is 12.7. The fourth-order valence-electron chi connectivity index (χ4n) is 1.76. The molecular weight excluding hydrogens is 199 g/mol. The standard InChI is InChI=1S/C11H13FOS/c12-10-3-1-9(2-4-10)11(13)5-7-14-8-6-11/h1-4,13H,5-8H2. The highest BCUT2D eigenvalue weighted by molar-refractivity contribution is 7.99. The molecular formula is C11H13FOS. The minimum absolute atomic E-state index is 0.248. The summed E-state index contributed by atoms with van der Waals surface area (Å²) in [5.74, 6) is 1.71. The van der Waals surface area contributed by atoms with Gasteiger partial charge in [0.05, 0.1) is 5.60 Å². The monoisotopic (exact) mass is 212 g/mol. The van der Waals surface area contributed by atoms with E-state index in [0.29, 0.717) is 0 Å². The second kappa shape index (κ2) is 3.91. The van der Waals surface area contributed by atoms with Crippen LogP contribution in [0.3, 0.4) is 0 Å². The molecule has 1 aliphatic rings. The Morgan fingerprint density at radius 2 is 1.71 bits per heavy atom. The molecule has 2 rings (SSSR count). The van der Waals surface area contributed by atoms with Crippen LogP contribution in [0.2, 0.25) is 0 Å². The summed E-state index contributed by atoms with van der Waals surface area (Å²) in [4.78, 5) is 0. The Kier molecular flexibility index (Phi) is 2.79. The summed E-state index contributed by atoms with van der Waals surface area (Å²) < 4.78 is 12.7. The SMILES string of the molecule is OC1(c2ccc(F)cc2)CCSCC1. The van der Waals surface area contributed by atoms with Gasteiger partial charge < -0.3 is 5.11 Å². The van der Waals surface area contributed by atoms with Gasteiger partial charge in [0.2, 0.25) is 0 Å². The van der Waals surface area contributed by atoms with E-state index >= 15 is 0 Å². The second-order valence-electron chi connectivity index (χ2n) is 3.65. The molecule has 1 saturated heterocycles. The molecule has 0 spiro atoms. The van der Waals surface area contributed by atoms with Crippen molar-refractivity contribution in [3.63, 3.8) is 0 Å². The molecule has 1 aromatic rings. The summed E-state index contributed by atoms with van der Waals surface area (Å²) >= 11 is 1.86. The number of hydrogen-bond donors (Lipinski definition) is 1. The summed E-state index contributed by atoms with van der Waals surface area (Å²) in [5.41, 5.74) is 0.123. The van der Waals surface area contributed by atoms with E-state index in [2.05, 4.69) is 0 Å². The van der Waals surface area contributed by atoms with E-state index in [-0.39, 0.29) is 5.82 Å². The Morgan fingerprint density at radius 3 is 2.29 bits per heavy atom. The molecule has 0 atom stereocenters. The molecule has 0 radical (unpaired) electrons. The van der Waals surface area contributed by atoms with E-state index in [9.17, 15) is 9.50 Å². The van der Waals surface area contributed by atoms with E-state index < -0.39 is 5.60 Å². The van der Waals surface area contributed by atoms with Crippen LogP contribution >= 0.6 is 11.8 Å². The molecule has 0 unspecified atom stereocenters. The van der Waals surface area contributed by atoms with Crippen LogP contribution in [0.25, 0.3) is 0 Å². The minimum atomic E-state index is -0.723. The molecule has 0 aliphatic carbocycles. The number of hydrogen-bond acceptors (Lipinski definition) is 2. The molecule has 0 aromatic heterocycles. The zero-order valence-corrected chi connectivity index (χ0v) is 8.69. The molecule has 1 fully saturated rings. The van der Waals surface area contributed by atoms with Crippen LogP contribution in [0, 0.1) is 5.82 Å². The van der Waals surface area contributed by atoms with Crippen molar-refractivity contribution in [1.82, 2.24) is 0 Å². The molecule has 14 heavy (non-hydrogen) atoms. The molecule has 0 saturated carbocycles. The first-order valence-electron chi connectivity index (χ1n) is 4.77. The summed E-state index contributed by atoms with van der Waals surface area (Å²) in [6, 6.07) is 6.20. The van der Waals surface area contributed by atoms with Crippen molar-refractivity contribution in [1.29, 1.82) is 0 Å². The lowest BCUT2D eigenvalue weighted by atomic mass is 9.88. The molecule has 3 heteroatoms. The largest absolute Gasteiger partial charge is 0.385 e. The van der Waals surface area contributed by atoms with Gasteiger partial charge in [-0.3, -0.25) is 0 Å². The molecule has 0 bridgehead atoms. The van der Waals surface area contributed by atoms with Crippen LogP contribution in [-0.2, 0) is 5.60 Å². The van der Waals surface area contributed by atoms with Crippen molar-refractivity contribution in [3.8, 4) is 0 Å². The Bertz CT molecular complexity index is 304. The highest BCUT2D eigenvalue weighted by Crippen LogP contribution is 2.35. The van der Waals surface area contributed by atoms with Gasteiger partial charge in [0, 0.05) is 0 Å². The minimum Gasteiger partial charge on any atom is -0.385 e. The first-order valence-corrected chi connectivity index (χ1v) is 5.92. The Balaban J connectivity index is 2.23. The molecule has 76 valence electrons. The molecule has 1 heterocycles. The Hall–Kier alpha value is -0.540. The number of halogens is 1. The summed E-state index contributed by atoms with van der Waals surface area (Å²) in [7, 11) is 0. The predicted octanol–water partition coefficient (Wildman–Crippen LogP) is 2.54. The van der Waals surface area contributed by atoms with Gasteiger partial charge in [-0.1, -0.05) is 12.1 Å². The number of benzene rings is 1. The fraction of sp³-hybridized carbons (Fsp3) is 0.455. The number of thioether (sulfide) groups is 1. The quantitative estimate of drug-likeness (QED) is 0.772. The van der Waals surface area contributed by atoms with Crippen LogP contribution in [0.1, 0.15) is 18.4 Å². The summed E-state index contributed by atoms with van der Waals surface area (Å²) in [6.45, 7) is 0. The smallest absolute Gasteiger partial charge is 0.123 e. The zero-order chi connectivity index (χ0) is 10.0.